The van der Waals surface area contributed by atoms with Crippen molar-refractivity contribution in [3.63, 3.8) is 0 Å². The number of nitrogens with zero attached hydrogens (tertiary/aromatic N) is 1. The Balaban J connectivity index is 2.13. The van der Waals surface area contributed by atoms with E-state index in [1.165, 1.54) is 18.2 Å². The molecule has 0 atom stereocenters. The summed E-state index contributed by atoms with van der Waals surface area (Å²) in [5.74, 6) is -0.954. The summed E-state index contributed by atoms with van der Waals surface area (Å²) in [7, 11) is 0. The SMILES string of the molecule is CC1(C(N)=S)CCN(C(=O)c2cccc(O)c2O)CC1. The van der Waals surface area contributed by atoms with E-state index in [9.17, 15) is 15.0 Å². The monoisotopic (exact) mass is 294 g/mol. The van der Waals surface area contributed by atoms with Crippen molar-refractivity contribution < 1.29 is 15.0 Å². The minimum absolute atomic E-state index is 0.115. The predicted octanol–water partition coefficient (Wildman–Crippen LogP) is 1.63. The van der Waals surface area contributed by atoms with E-state index in [1.54, 1.807) is 4.90 Å². The Morgan fingerprint density at radius 1 is 1.35 bits per heavy atom. The highest BCUT2D eigenvalue weighted by Gasteiger charge is 2.35. The second-order valence-electron chi connectivity index (χ2n) is 5.39. The van der Waals surface area contributed by atoms with Crippen molar-refractivity contribution in [2.75, 3.05) is 13.1 Å². The summed E-state index contributed by atoms with van der Waals surface area (Å²) < 4.78 is 0. The number of nitrogens with two attached hydrogens (primary N) is 1. The van der Waals surface area contributed by atoms with Crippen molar-refractivity contribution >= 4 is 23.1 Å². The standard InChI is InChI=1S/C14H18N2O3S/c1-14(13(15)20)5-7-16(8-6-14)12(19)9-3-2-4-10(17)11(9)18/h2-4,17-18H,5-8H2,1H3,(H2,15,20). The fraction of sp³-hybridized carbons (Fsp3) is 0.429. The average molecular weight is 294 g/mol. The highest BCUT2D eigenvalue weighted by molar-refractivity contribution is 7.80. The first-order valence-electron chi connectivity index (χ1n) is 6.45. The van der Waals surface area contributed by atoms with Crippen LogP contribution in [0.15, 0.2) is 18.2 Å². The topological polar surface area (TPSA) is 86.8 Å². The van der Waals surface area contributed by atoms with Crippen LogP contribution in [0.2, 0.25) is 0 Å². The summed E-state index contributed by atoms with van der Waals surface area (Å²) in [5.41, 5.74) is 5.63. The quantitative estimate of drug-likeness (QED) is 0.570. The zero-order valence-electron chi connectivity index (χ0n) is 11.3. The number of phenolic OH excluding ortho intramolecular Hbond substituents is 2. The Hall–Kier alpha value is -1.82. The van der Waals surface area contributed by atoms with Crippen LogP contribution in [0.5, 0.6) is 11.5 Å². The maximum atomic E-state index is 12.3. The first-order valence-corrected chi connectivity index (χ1v) is 6.86. The number of carbonyl (C=O) groups is 1. The second-order valence-corrected chi connectivity index (χ2v) is 5.83. The van der Waals surface area contributed by atoms with Crippen molar-refractivity contribution in [2.45, 2.75) is 19.8 Å². The number of carbonyl (C=O) groups excluding carboxylic acids is 1. The zero-order valence-corrected chi connectivity index (χ0v) is 12.1. The molecule has 0 saturated carbocycles. The van der Waals surface area contributed by atoms with Crippen LogP contribution in [0.4, 0.5) is 0 Å². The van der Waals surface area contributed by atoms with Crippen LogP contribution < -0.4 is 5.73 Å². The molecule has 1 saturated heterocycles. The number of amides is 1. The molecule has 1 aromatic rings. The third-order valence-electron chi connectivity index (χ3n) is 3.99. The summed E-state index contributed by atoms with van der Waals surface area (Å²) in [6.07, 6.45) is 1.40. The molecule has 5 nitrogen and oxygen atoms in total. The van der Waals surface area contributed by atoms with Gasteiger partial charge in [0.05, 0.1) is 10.6 Å². The molecule has 1 fully saturated rings. The summed E-state index contributed by atoms with van der Waals surface area (Å²) in [6.45, 7) is 3.06. The lowest BCUT2D eigenvalue weighted by Gasteiger charge is -2.38. The molecule has 0 radical (unpaired) electrons. The first-order chi connectivity index (χ1) is 9.35. The molecule has 0 aliphatic carbocycles. The largest absolute Gasteiger partial charge is 0.504 e. The molecule has 20 heavy (non-hydrogen) atoms. The van der Waals surface area contributed by atoms with Crippen LogP contribution >= 0.6 is 12.2 Å². The lowest BCUT2D eigenvalue weighted by atomic mass is 9.80. The number of rotatable bonds is 2. The van der Waals surface area contributed by atoms with Crippen LogP contribution in [-0.4, -0.2) is 39.1 Å². The molecule has 1 aliphatic heterocycles. The van der Waals surface area contributed by atoms with E-state index in [0.29, 0.717) is 30.9 Å². The molecule has 0 unspecified atom stereocenters. The van der Waals surface area contributed by atoms with Crippen molar-refractivity contribution in [1.29, 1.82) is 0 Å². The van der Waals surface area contributed by atoms with E-state index in [2.05, 4.69) is 0 Å². The summed E-state index contributed by atoms with van der Waals surface area (Å²) in [4.78, 5) is 14.5. The van der Waals surface area contributed by atoms with Crippen molar-refractivity contribution in [3.05, 3.63) is 23.8 Å². The zero-order chi connectivity index (χ0) is 14.9. The third-order valence-corrected chi connectivity index (χ3v) is 4.49. The van der Waals surface area contributed by atoms with Gasteiger partial charge >= 0.3 is 0 Å². The number of benzene rings is 1. The maximum Gasteiger partial charge on any atom is 0.257 e. The first kappa shape index (κ1) is 14.6. The number of likely N-dealkylation sites (tertiary alicyclic amines) is 1. The predicted molar refractivity (Wildman–Crippen MR) is 79.8 cm³/mol. The minimum atomic E-state index is -0.375. The van der Waals surface area contributed by atoms with Gasteiger partial charge < -0.3 is 20.8 Å². The third kappa shape index (κ3) is 2.56. The molecule has 2 rings (SSSR count). The minimum Gasteiger partial charge on any atom is -0.504 e. The molecule has 1 amide bonds. The molecule has 0 spiro atoms. The molecule has 1 aromatic carbocycles. The molecule has 1 heterocycles. The molecular weight excluding hydrogens is 276 g/mol. The Morgan fingerprint density at radius 2 is 1.95 bits per heavy atom. The van der Waals surface area contributed by atoms with E-state index in [1.807, 2.05) is 6.92 Å². The Kier molecular flexibility index (Phi) is 3.85. The smallest absolute Gasteiger partial charge is 0.257 e. The Morgan fingerprint density at radius 3 is 2.50 bits per heavy atom. The fourth-order valence-electron chi connectivity index (χ4n) is 2.32. The molecular formula is C14H18N2O3S. The molecule has 0 bridgehead atoms. The van der Waals surface area contributed by atoms with Gasteiger partial charge in [0.2, 0.25) is 0 Å². The van der Waals surface area contributed by atoms with Crippen LogP contribution in [-0.2, 0) is 0 Å². The maximum absolute atomic E-state index is 12.3. The molecule has 108 valence electrons. The Bertz CT molecular complexity index is 551. The number of para-hydroxylation sites is 1. The van der Waals surface area contributed by atoms with Crippen molar-refractivity contribution in [3.8, 4) is 11.5 Å². The highest BCUT2D eigenvalue weighted by atomic mass is 32.1. The van der Waals surface area contributed by atoms with Gasteiger partial charge in [0.15, 0.2) is 11.5 Å². The van der Waals surface area contributed by atoms with Gasteiger partial charge in [-0.3, -0.25) is 4.79 Å². The Labute approximate surface area is 123 Å². The van der Waals surface area contributed by atoms with Crippen LogP contribution in [0.25, 0.3) is 0 Å². The number of aromatic hydroxyl groups is 2. The van der Waals surface area contributed by atoms with Gasteiger partial charge in [-0.2, -0.15) is 0 Å². The van der Waals surface area contributed by atoms with E-state index in [-0.39, 0.29) is 28.4 Å². The van der Waals surface area contributed by atoms with E-state index < -0.39 is 0 Å². The average Bonchev–Trinajstić information content (AvgIpc) is 2.42. The van der Waals surface area contributed by atoms with E-state index >= 15 is 0 Å². The number of phenols is 2. The number of thiocarbonyl (C=S) groups is 1. The van der Waals surface area contributed by atoms with Gasteiger partial charge in [-0.05, 0) is 25.0 Å². The van der Waals surface area contributed by atoms with Gasteiger partial charge in [0.1, 0.15) is 0 Å². The lowest BCUT2D eigenvalue weighted by Crippen LogP contribution is -2.46. The van der Waals surface area contributed by atoms with Crippen LogP contribution in [0.1, 0.15) is 30.1 Å². The summed E-state index contributed by atoms with van der Waals surface area (Å²) >= 11 is 5.07. The second kappa shape index (κ2) is 5.28. The number of hydrogen-bond donors (Lipinski definition) is 3. The van der Waals surface area contributed by atoms with Gasteiger partial charge in [-0.25, -0.2) is 0 Å². The lowest BCUT2D eigenvalue weighted by molar-refractivity contribution is 0.0666. The van der Waals surface area contributed by atoms with Gasteiger partial charge in [0.25, 0.3) is 5.91 Å². The van der Waals surface area contributed by atoms with E-state index in [0.717, 1.165) is 0 Å². The van der Waals surface area contributed by atoms with Crippen LogP contribution in [0, 0.1) is 5.41 Å². The highest BCUT2D eigenvalue weighted by Crippen LogP contribution is 2.34. The number of piperidine rings is 1. The van der Waals surface area contributed by atoms with Crippen molar-refractivity contribution in [1.82, 2.24) is 4.90 Å². The van der Waals surface area contributed by atoms with Gasteiger partial charge in [-0.15, -0.1) is 0 Å². The van der Waals surface area contributed by atoms with Gasteiger partial charge in [-0.1, -0.05) is 25.2 Å². The summed E-state index contributed by atoms with van der Waals surface area (Å²) in [6, 6.07) is 4.37. The fourth-order valence-corrected chi connectivity index (χ4v) is 2.53. The van der Waals surface area contributed by atoms with Gasteiger partial charge in [0, 0.05) is 18.5 Å². The molecule has 6 heteroatoms. The van der Waals surface area contributed by atoms with E-state index in [4.69, 9.17) is 18.0 Å². The molecule has 1 aliphatic rings. The van der Waals surface area contributed by atoms with Crippen LogP contribution in [0.3, 0.4) is 0 Å². The molecule has 4 N–H and O–H groups in total. The van der Waals surface area contributed by atoms with Crippen molar-refractivity contribution in [2.24, 2.45) is 11.1 Å². The normalized spacial score (nSPS) is 17.8. The number of hydrogen-bond acceptors (Lipinski definition) is 4. The molecule has 0 aromatic heterocycles. The summed E-state index contributed by atoms with van der Waals surface area (Å²) in [5, 5.41) is 19.2.